The minimum absolute atomic E-state index is 0.0798. The third-order valence-corrected chi connectivity index (χ3v) is 9.63. The molecule has 3 heterocycles. The van der Waals surface area contributed by atoms with E-state index >= 15 is 4.39 Å². The Morgan fingerprint density at radius 1 is 1.00 bits per heavy atom. The Morgan fingerprint density at radius 3 is 2.49 bits per heavy atom. The lowest BCUT2D eigenvalue weighted by Gasteiger charge is -2.44. The van der Waals surface area contributed by atoms with E-state index in [1.807, 2.05) is 18.2 Å². The number of likely N-dealkylation sites (tertiary alicyclic amines) is 1. The molecular weight excluding hydrogens is 465 g/mol. The summed E-state index contributed by atoms with van der Waals surface area (Å²) in [6.45, 7) is 5.32. The first-order valence-corrected chi connectivity index (χ1v) is 13.8. The Balaban J connectivity index is 1.28. The number of allylic oxidation sites excluding steroid dienone is 2. The number of hydrogen-bond donors (Lipinski definition) is 0. The van der Waals surface area contributed by atoms with Crippen molar-refractivity contribution in [2.24, 2.45) is 0 Å². The van der Waals surface area contributed by atoms with Crippen molar-refractivity contribution in [2.45, 2.75) is 56.4 Å². The molecule has 3 aliphatic heterocycles. The van der Waals surface area contributed by atoms with Gasteiger partial charge in [-0.15, -0.1) is 0 Å². The summed E-state index contributed by atoms with van der Waals surface area (Å²) in [5.41, 5.74) is 6.20. The average Bonchev–Trinajstić information content (AvgIpc) is 3.61. The van der Waals surface area contributed by atoms with E-state index in [2.05, 4.69) is 15.9 Å². The number of hydrogen-bond acceptors (Lipinski definition) is 5. The van der Waals surface area contributed by atoms with Crippen LogP contribution in [0.25, 0.3) is 5.57 Å². The Labute approximate surface area is 217 Å². The van der Waals surface area contributed by atoms with Crippen LogP contribution in [0.3, 0.4) is 0 Å². The summed E-state index contributed by atoms with van der Waals surface area (Å²) in [5.74, 6) is -0.375. The predicted molar refractivity (Wildman–Crippen MR) is 140 cm³/mol. The SMILES string of the molecule is N#Cc1ccc2c(c1)CC1=C2C(=O)c2cc(F)c(N3CCC(N4CCCC4)CC3)cc2C12CCOCC2. The molecule has 6 heteroatoms. The molecule has 2 aromatic carbocycles. The molecule has 37 heavy (non-hydrogen) atoms. The van der Waals surface area contributed by atoms with Gasteiger partial charge in [-0.25, -0.2) is 4.39 Å². The summed E-state index contributed by atoms with van der Waals surface area (Å²) < 4.78 is 21.5. The van der Waals surface area contributed by atoms with E-state index in [1.165, 1.54) is 32.0 Å². The van der Waals surface area contributed by atoms with Crippen LogP contribution in [0.1, 0.15) is 71.1 Å². The first-order chi connectivity index (χ1) is 18.1. The van der Waals surface area contributed by atoms with E-state index in [-0.39, 0.29) is 17.0 Å². The second kappa shape index (κ2) is 8.79. The highest BCUT2D eigenvalue weighted by atomic mass is 19.1. The number of ketones is 1. The lowest BCUT2D eigenvalue weighted by Crippen LogP contribution is -2.44. The number of nitriles is 1. The zero-order valence-corrected chi connectivity index (χ0v) is 21.2. The molecule has 0 bridgehead atoms. The largest absolute Gasteiger partial charge is 0.381 e. The van der Waals surface area contributed by atoms with Gasteiger partial charge < -0.3 is 14.5 Å². The van der Waals surface area contributed by atoms with Crippen LogP contribution in [0, 0.1) is 17.1 Å². The van der Waals surface area contributed by atoms with Crippen LogP contribution >= 0.6 is 0 Å². The van der Waals surface area contributed by atoms with Crippen molar-refractivity contribution in [1.29, 1.82) is 5.26 Å². The minimum Gasteiger partial charge on any atom is -0.381 e. The molecule has 0 N–H and O–H groups in total. The minimum atomic E-state index is -0.334. The molecule has 7 rings (SSSR count). The Morgan fingerprint density at radius 2 is 1.76 bits per heavy atom. The molecule has 5 aliphatic rings. The van der Waals surface area contributed by atoms with E-state index < -0.39 is 0 Å². The van der Waals surface area contributed by atoms with Gasteiger partial charge in [-0.1, -0.05) is 6.07 Å². The number of Topliss-reactive ketones (excluding diaryl/α,β-unsaturated/α-hetero) is 1. The van der Waals surface area contributed by atoms with Gasteiger partial charge in [0.15, 0.2) is 5.78 Å². The fourth-order valence-corrected chi connectivity index (χ4v) is 7.72. The zero-order chi connectivity index (χ0) is 25.1. The molecule has 2 aliphatic carbocycles. The zero-order valence-electron chi connectivity index (χ0n) is 21.2. The second-order valence-electron chi connectivity index (χ2n) is 11.3. The first-order valence-electron chi connectivity index (χ1n) is 13.8. The van der Waals surface area contributed by atoms with Crippen molar-refractivity contribution in [3.8, 4) is 6.07 Å². The molecule has 1 spiro atoms. The number of ether oxygens (including phenoxy) is 1. The third-order valence-electron chi connectivity index (χ3n) is 9.63. The highest BCUT2D eigenvalue weighted by molar-refractivity contribution is 6.33. The number of fused-ring (bicyclic) bond motifs is 5. The molecule has 0 atom stereocenters. The predicted octanol–water partition coefficient (Wildman–Crippen LogP) is 5.02. The van der Waals surface area contributed by atoms with Gasteiger partial charge in [0.25, 0.3) is 0 Å². The maximum absolute atomic E-state index is 15.7. The van der Waals surface area contributed by atoms with Crippen LogP contribution in [0.15, 0.2) is 35.9 Å². The van der Waals surface area contributed by atoms with Crippen molar-refractivity contribution in [1.82, 2.24) is 4.90 Å². The number of halogens is 1. The van der Waals surface area contributed by atoms with Gasteiger partial charge in [0.05, 0.1) is 17.3 Å². The van der Waals surface area contributed by atoms with Crippen molar-refractivity contribution < 1.29 is 13.9 Å². The lowest BCUT2D eigenvalue weighted by atomic mass is 9.62. The number of piperidine rings is 1. The molecule has 190 valence electrons. The number of rotatable bonds is 2. The Bertz CT molecular complexity index is 1350. The Kier molecular flexibility index (Phi) is 5.49. The van der Waals surface area contributed by atoms with Gasteiger partial charge >= 0.3 is 0 Å². The molecular formula is C31H32FN3O2. The maximum Gasteiger partial charge on any atom is 0.194 e. The molecule has 2 aromatic rings. The lowest BCUT2D eigenvalue weighted by molar-refractivity contribution is 0.0602. The summed E-state index contributed by atoms with van der Waals surface area (Å²) in [5, 5.41) is 9.43. The monoisotopic (exact) mass is 497 g/mol. The van der Waals surface area contributed by atoms with Crippen LogP contribution in [0.4, 0.5) is 10.1 Å². The molecule has 3 fully saturated rings. The number of benzene rings is 2. The summed E-state index contributed by atoms with van der Waals surface area (Å²) in [4.78, 5) is 18.7. The van der Waals surface area contributed by atoms with E-state index in [1.54, 1.807) is 6.07 Å². The van der Waals surface area contributed by atoms with Crippen LogP contribution < -0.4 is 4.90 Å². The third kappa shape index (κ3) is 3.51. The van der Waals surface area contributed by atoms with Crippen molar-refractivity contribution >= 4 is 17.0 Å². The standard InChI is InChI=1S/C31H32FN3O2/c32-27-17-24-25(18-28(27)35-11-5-22(6-12-35)34-9-1-2-10-34)31(7-13-37-14-8-31)26-16-21-15-20(19-33)3-4-23(21)29(26)30(24)36/h3-4,15,17-18,22H,1-2,5-14,16H2. The maximum atomic E-state index is 15.7. The van der Waals surface area contributed by atoms with Crippen molar-refractivity contribution in [3.05, 3.63) is 69.5 Å². The highest BCUT2D eigenvalue weighted by Gasteiger charge is 2.49. The molecule has 0 unspecified atom stereocenters. The second-order valence-corrected chi connectivity index (χ2v) is 11.3. The van der Waals surface area contributed by atoms with Crippen LogP contribution in [-0.2, 0) is 16.6 Å². The molecule has 0 aromatic heterocycles. The topological polar surface area (TPSA) is 56.6 Å². The van der Waals surface area contributed by atoms with Crippen molar-refractivity contribution in [3.63, 3.8) is 0 Å². The number of carbonyl (C=O) groups excluding carboxylic acids is 1. The van der Waals surface area contributed by atoms with E-state index in [4.69, 9.17) is 4.74 Å². The molecule has 0 radical (unpaired) electrons. The summed E-state index contributed by atoms with van der Waals surface area (Å²) in [7, 11) is 0. The summed E-state index contributed by atoms with van der Waals surface area (Å²) >= 11 is 0. The molecule has 3 saturated heterocycles. The summed E-state index contributed by atoms with van der Waals surface area (Å²) in [6, 6.07) is 12.0. The highest BCUT2D eigenvalue weighted by Crippen LogP contribution is 2.55. The van der Waals surface area contributed by atoms with E-state index in [9.17, 15) is 10.1 Å². The quantitative estimate of drug-likeness (QED) is 0.584. The first kappa shape index (κ1) is 23.1. The van der Waals surface area contributed by atoms with Gasteiger partial charge in [-0.05, 0) is 105 Å². The summed E-state index contributed by atoms with van der Waals surface area (Å²) in [6.07, 6.45) is 6.93. The molecule has 0 amide bonds. The van der Waals surface area contributed by atoms with E-state index in [0.717, 1.165) is 66.6 Å². The van der Waals surface area contributed by atoms with Crippen LogP contribution in [0.5, 0.6) is 0 Å². The van der Waals surface area contributed by atoms with E-state index in [0.29, 0.717) is 42.5 Å². The fraction of sp³-hybridized carbons (Fsp3) is 0.484. The average molecular weight is 498 g/mol. The fourth-order valence-electron chi connectivity index (χ4n) is 7.72. The van der Waals surface area contributed by atoms with Gasteiger partial charge in [-0.3, -0.25) is 4.79 Å². The van der Waals surface area contributed by atoms with Gasteiger partial charge in [-0.2, -0.15) is 5.26 Å². The number of anilines is 1. The van der Waals surface area contributed by atoms with Gasteiger partial charge in [0, 0.05) is 48.9 Å². The van der Waals surface area contributed by atoms with Gasteiger partial charge in [0.2, 0.25) is 0 Å². The Hall–Kier alpha value is -3.01. The van der Waals surface area contributed by atoms with Crippen LogP contribution in [0.2, 0.25) is 0 Å². The van der Waals surface area contributed by atoms with Crippen molar-refractivity contribution in [2.75, 3.05) is 44.3 Å². The molecule has 0 saturated carbocycles. The smallest absolute Gasteiger partial charge is 0.194 e. The van der Waals surface area contributed by atoms with Crippen LogP contribution in [-0.4, -0.2) is 56.1 Å². The normalized spacial score (nSPS) is 23.2. The number of nitrogens with zero attached hydrogens (tertiary/aromatic N) is 3. The van der Waals surface area contributed by atoms with Gasteiger partial charge in [0.1, 0.15) is 5.82 Å². The molecule has 5 nitrogen and oxygen atoms in total. The number of carbonyl (C=O) groups is 1.